The summed E-state index contributed by atoms with van der Waals surface area (Å²) in [7, 11) is 1.99. The van der Waals surface area contributed by atoms with Crippen molar-refractivity contribution in [1.82, 2.24) is 20.0 Å². The molecule has 1 aromatic rings. The van der Waals surface area contributed by atoms with Crippen LogP contribution in [0.3, 0.4) is 0 Å². The number of hydrogen-bond acceptors (Lipinski definition) is 3. The summed E-state index contributed by atoms with van der Waals surface area (Å²) in [6.07, 6.45) is 4.40. The molecule has 1 atom stereocenters. The lowest BCUT2D eigenvalue weighted by Crippen LogP contribution is -2.66. The van der Waals surface area contributed by atoms with Crippen molar-refractivity contribution in [1.29, 1.82) is 0 Å². The molecule has 4 heteroatoms. The van der Waals surface area contributed by atoms with Crippen LogP contribution in [0.2, 0.25) is 0 Å². The number of nitrogens with one attached hydrogen (secondary N) is 1. The third kappa shape index (κ3) is 3.67. The molecule has 0 amide bonds. The van der Waals surface area contributed by atoms with Gasteiger partial charge in [0.05, 0.1) is 5.69 Å². The zero-order valence-electron chi connectivity index (χ0n) is 14.6. The lowest BCUT2D eigenvalue weighted by Gasteiger charge is -2.51. The summed E-state index contributed by atoms with van der Waals surface area (Å²) in [5.74, 6) is 0. The van der Waals surface area contributed by atoms with Crippen LogP contribution in [0.4, 0.5) is 0 Å². The molecule has 2 rings (SSSR count). The topological polar surface area (TPSA) is 33.1 Å². The summed E-state index contributed by atoms with van der Waals surface area (Å²) in [6.45, 7) is 14.8. The van der Waals surface area contributed by atoms with Crippen LogP contribution in [0.15, 0.2) is 12.3 Å². The fraction of sp³-hybridized carbons (Fsp3) is 0.824. The Labute approximate surface area is 129 Å². The molecule has 1 aliphatic heterocycles. The quantitative estimate of drug-likeness (QED) is 0.926. The minimum absolute atomic E-state index is 0.260. The Bertz CT molecular complexity index is 454. The van der Waals surface area contributed by atoms with Crippen LogP contribution in [0.25, 0.3) is 0 Å². The van der Waals surface area contributed by atoms with E-state index in [1.807, 2.05) is 17.9 Å². The molecule has 0 aromatic carbocycles. The van der Waals surface area contributed by atoms with Gasteiger partial charge in [-0.1, -0.05) is 34.6 Å². The van der Waals surface area contributed by atoms with Crippen LogP contribution in [0.5, 0.6) is 0 Å². The Morgan fingerprint density at radius 3 is 2.48 bits per heavy atom. The van der Waals surface area contributed by atoms with E-state index in [9.17, 15) is 0 Å². The van der Waals surface area contributed by atoms with E-state index in [1.54, 1.807) is 0 Å². The van der Waals surface area contributed by atoms with Crippen LogP contribution < -0.4 is 5.32 Å². The Kier molecular flexibility index (Phi) is 4.79. The first-order valence-corrected chi connectivity index (χ1v) is 8.27. The zero-order valence-corrected chi connectivity index (χ0v) is 14.6. The van der Waals surface area contributed by atoms with Crippen molar-refractivity contribution in [3.05, 3.63) is 18.0 Å². The molecular formula is C17H32N4. The standard InChI is InChI=1S/C17H32N4/c1-7-17(8-2)13-21(12-14-9-10-20(6)19-14)15(11-18-17)16(3,4)5/h9-10,15,18H,7-8,11-13H2,1-6H3. The van der Waals surface area contributed by atoms with Gasteiger partial charge in [-0.3, -0.25) is 9.58 Å². The average Bonchev–Trinajstić information content (AvgIpc) is 2.82. The Balaban J connectivity index is 2.20. The van der Waals surface area contributed by atoms with Crippen molar-refractivity contribution < 1.29 is 0 Å². The van der Waals surface area contributed by atoms with Gasteiger partial charge in [-0.25, -0.2) is 0 Å². The SMILES string of the molecule is CCC1(CC)CN(Cc2ccn(C)n2)C(C(C)(C)C)CN1. The minimum Gasteiger partial charge on any atom is -0.308 e. The van der Waals surface area contributed by atoms with E-state index in [0.717, 1.165) is 19.6 Å². The van der Waals surface area contributed by atoms with Gasteiger partial charge >= 0.3 is 0 Å². The van der Waals surface area contributed by atoms with E-state index in [0.29, 0.717) is 6.04 Å². The number of aryl methyl sites for hydroxylation is 1. The third-order valence-corrected chi connectivity index (χ3v) is 5.10. The summed E-state index contributed by atoms with van der Waals surface area (Å²) in [4.78, 5) is 2.64. The maximum absolute atomic E-state index is 4.58. The van der Waals surface area contributed by atoms with Crippen molar-refractivity contribution >= 4 is 0 Å². The highest BCUT2D eigenvalue weighted by Crippen LogP contribution is 2.32. The van der Waals surface area contributed by atoms with E-state index < -0.39 is 0 Å². The van der Waals surface area contributed by atoms with E-state index in [1.165, 1.54) is 18.5 Å². The Morgan fingerprint density at radius 1 is 1.33 bits per heavy atom. The molecule has 21 heavy (non-hydrogen) atoms. The summed E-state index contributed by atoms with van der Waals surface area (Å²) in [5.41, 5.74) is 1.71. The van der Waals surface area contributed by atoms with Crippen LogP contribution in [0.1, 0.15) is 53.2 Å². The number of nitrogens with zero attached hydrogens (tertiary/aromatic N) is 3. The van der Waals surface area contributed by atoms with Crippen molar-refractivity contribution in [2.24, 2.45) is 12.5 Å². The van der Waals surface area contributed by atoms with E-state index in [-0.39, 0.29) is 11.0 Å². The monoisotopic (exact) mass is 292 g/mol. The fourth-order valence-corrected chi connectivity index (χ4v) is 3.50. The van der Waals surface area contributed by atoms with E-state index >= 15 is 0 Å². The molecule has 1 saturated heterocycles. The Morgan fingerprint density at radius 2 is 2.00 bits per heavy atom. The summed E-state index contributed by atoms with van der Waals surface area (Å²) < 4.78 is 1.90. The van der Waals surface area contributed by atoms with Crippen LogP contribution in [-0.4, -0.2) is 39.4 Å². The molecule has 4 nitrogen and oxygen atoms in total. The van der Waals surface area contributed by atoms with Gasteiger partial charge in [0.2, 0.25) is 0 Å². The van der Waals surface area contributed by atoms with Crippen molar-refractivity contribution in [3.8, 4) is 0 Å². The molecule has 1 aliphatic rings. The molecule has 0 saturated carbocycles. The first kappa shape index (κ1) is 16.5. The predicted molar refractivity (Wildman–Crippen MR) is 88.2 cm³/mol. The van der Waals surface area contributed by atoms with E-state index in [2.05, 4.69) is 56.0 Å². The van der Waals surface area contributed by atoms with Gasteiger partial charge < -0.3 is 5.32 Å². The number of aromatic nitrogens is 2. The number of piperazine rings is 1. The average molecular weight is 292 g/mol. The first-order valence-electron chi connectivity index (χ1n) is 8.27. The smallest absolute Gasteiger partial charge is 0.0764 e. The van der Waals surface area contributed by atoms with Crippen molar-refractivity contribution in [2.75, 3.05) is 13.1 Å². The maximum Gasteiger partial charge on any atom is 0.0764 e. The largest absolute Gasteiger partial charge is 0.308 e. The number of rotatable bonds is 4. The van der Waals surface area contributed by atoms with Gasteiger partial charge in [0.1, 0.15) is 0 Å². The molecule has 0 spiro atoms. The predicted octanol–water partition coefficient (Wildman–Crippen LogP) is 2.80. The first-order chi connectivity index (χ1) is 9.79. The molecule has 0 bridgehead atoms. The molecular weight excluding hydrogens is 260 g/mol. The second kappa shape index (κ2) is 6.09. The van der Waals surface area contributed by atoms with Crippen molar-refractivity contribution in [2.45, 2.75) is 65.6 Å². The Hall–Kier alpha value is -0.870. The second-order valence-corrected chi connectivity index (χ2v) is 7.64. The fourth-order valence-electron chi connectivity index (χ4n) is 3.50. The highest BCUT2D eigenvalue weighted by Gasteiger charge is 2.41. The molecule has 0 radical (unpaired) electrons. The zero-order chi connectivity index (χ0) is 15.7. The van der Waals surface area contributed by atoms with Gasteiger partial charge in [-0.15, -0.1) is 0 Å². The van der Waals surface area contributed by atoms with Gasteiger partial charge in [0.15, 0.2) is 0 Å². The van der Waals surface area contributed by atoms with Gasteiger partial charge in [0, 0.05) is 44.5 Å². The third-order valence-electron chi connectivity index (χ3n) is 5.10. The van der Waals surface area contributed by atoms with Crippen LogP contribution >= 0.6 is 0 Å². The lowest BCUT2D eigenvalue weighted by molar-refractivity contribution is 0.0122. The highest BCUT2D eigenvalue weighted by atomic mass is 15.3. The normalized spacial score (nSPS) is 23.4. The van der Waals surface area contributed by atoms with Gasteiger partial charge in [-0.2, -0.15) is 5.10 Å². The maximum atomic E-state index is 4.58. The summed E-state index contributed by atoms with van der Waals surface area (Å²) in [6, 6.07) is 2.69. The molecule has 120 valence electrons. The van der Waals surface area contributed by atoms with Gasteiger partial charge in [-0.05, 0) is 24.3 Å². The summed E-state index contributed by atoms with van der Waals surface area (Å²) >= 11 is 0. The van der Waals surface area contributed by atoms with Crippen molar-refractivity contribution in [3.63, 3.8) is 0 Å². The minimum atomic E-state index is 0.260. The molecule has 2 heterocycles. The van der Waals surface area contributed by atoms with Crippen LogP contribution in [-0.2, 0) is 13.6 Å². The molecule has 1 aromatic heterocycles. The summed E-state index contributed by atoms with van der Waals surface area (Å²) in [5, 5.41) is 8.42. The van der Waals surface area contributed by atoms with Gasteiger partial charge in [0.25, 0.3) is 0 Å². The molecule has 1 N–H and O–H groups in total. The highest BCUT2D eigenvalue weighted by molar-refractivity contribution is 5.04. The second-order valence-electron chi connectivity index (χ2n) is 7.64. The van der Waals surface area contributed by atoms with E-state index in [4.69, 9.17) is 0 Å². The molecule has 0 aliphatic carbocycles. The molecule has 1 unspecified atom stereocenters. The van der Waals surface area contributed by atoms with Crippen LogP contribution in [0, 0.1) is 5.41 Å². The lowest BCUT2D eigenvalue weighted by atomic mass is 9.80. The number of hydrogen-bond donors (Lipinski definition) is 1. The molecule has 1 fully saturated rings.